The van der Waals surface area contributed by atoms with Crippen LogP contribution in [0.2, 0.25) is 0 Å². The van der Waals surface area contributed by atoms with Gasteiger partial charge in [0, 0.05) is 0 Å². The summed E-state index contributed by atoms with van der Waals surface area (Å²) in [5.74, 6) is 5.38. The first kappa shape index (κ1) is 11.7. The van der Waals surface area contributed by atoms with Crippen LogP contribution in [0.25, 0.3) is 0 Å². The molecule has 0 rings (SSSR count). The standard InChI is InChI=1S/C4BN4.Tl/c6-1-5(2-7,3-8)4-9;/q-1;+1. The molecule has 0 saturated carbocycles. The second-order valence-corrected chi connectivity index (χ2v) is 1.38. The predicted molar refractivity (Wildman–Crippen MR) is 34.0 cm³/mol. The van der Waals surface area contributed by atoms with E-state index in [-0.39, 0.29) is 27.3 Å². The summed E-state index contributed by atoms with van der Waals surface area (Å²) in [5.41, 5.74) is 0. The van der Waals surface area contributed by atoms with Crippen LogP contribution < -0.4 is 0 Å². The van der Waals surface area contributed by atoms with Gasteiger partial charge in [0.25, 0.3) is 0 Å². The molecule has 0 fully saturated rings. The van der Waals surface area contributed by atoms with Crippen molar-refractivity contribution in [3.05, 3.63) is 0 Å². The van der Waals surface area contributed by atoms with Gasteiger partial charge in [0.2, 0.25) is 0 Å². The molecular formula is C4BN4Tl. The minimum atomic E-state index is -2.72. The Balaban J connectivity index is 0. The topological polar surface area (TPSA) is 95.2 Å². The molecule has 0 amide bonds. The van der Waals surface area contributed by atoms with Crippen molar-refractivity contribution >= 4 is 33.4 Å². The molecule has 0 aromatic rings. The third kappa shape index (κ3) is 2.05. The molecular weight excluding hydrogens is 319 g/mol. The smallest absolute Gasteiger partial charge is 0.245 e. The van der Waals surface area contributed by atoms with Gasteiger partial charge in [0.15, 0.2) is 0 Å². The molecule has 0 aromatic heterocycles. The molecule has 0 N–H and O–H groups in total. The molecule has 0 atom stereocenters. The van der Waals surface area contributed by atoms with E-state index < -0.39 is 6.15 Å². The third-order valence-electron chi connectivity index (χ3n) is 0.775. The summed E-state index contributed by atoms with van der Waals surface area (Å²) in [7, 11) is 0. The molecule has 10 heavy (non-hydrogen) atoms. The molecule has 0 aromatic carbocycles. The number of rotatable bonds is 0. The van der Waals surface area contributed by atoms with Gasteiger partial charge in [0.05, 0.1) is 0 Å². The fourth-order valence-electron chi connectivity index (χ4n) is 0.173. The first-order valence-electron chi connectivity index (χ1n) is 2.05. The zero-order chi connectivity index (χ0) is 7.33. The summed E-state index contributed by atoms with van der Waals surface area (Å²) in [6, 6.07) is 0. The van der Waals surface area contributed by atoms with Gasteiger partial charge in [-0.3, -0.25) is 0 Å². The Hall–Kier alpha value is -1.05. The Morgan fingerprint density at radius 1 is 0.700 bits per heavy atom. The summed E-state index contributed by atoms with van der Waals surface area (Å²) >= 11 is 0. The van der Waals surface area contributed by atoms with E-state index in [4.69, 9.17) is 21.0 Å². The molecule has 42 valence electrons. The largest absolute Gasteiger partial charge is 1.00 e. The van der Waals surface area contributed by atoms with Crippen molar-refractivity contribution in [1.82, 2.24) is 0 Å². The average Bonchev–Trinajstić information content (AvgIpc) is 1.95. The van der Waals surface area contributed by atoms with E-state index in [9.17, 15) is 0 Å². The maximum absolute atomic E-state index is 8.09. The van der Waals surface area contributed by atoms with Crippen LogP contribution in [-0.2, 0) is 0 Å². The Morgan fingerprint density at radius 2 is 0.900 bits per heavy atom. The maximum Gasteiger partial charge on any atom is 1.00 e. The van der Waals surface area contributed by atoms with Crippen LogP contribution in [0.1, 0.15) is 0 Å². The summed E-state index contributed by atoms with van der Waals surface area (Å²) < 4.78 is 0. The van der Waals surface area contributed by atoms with Crippen LogP contribution in [0.4, 0.5) is 0 Å². The number of hydrogen-bond donors (Lipinski definition) is 0. The molecule has 0 aliphatic rings. The van der Waals surface area contributed by atoms with E-state index in [1.54, 1.807) is 0 Å². The second kappa shape index (κ2) is 4.79. The molecule has 4 nitrogen and oxygen atoms in total. The van der Waals surface area contributed by atoms with Gasteiger partial charge in [-0.25, -0.2) is 21.0 Å². The van der Waals surface area contributed by atoms with Crippen LogP contribution in [0, 0.1) is 44.9 Å². The first-order chi connectivity index (χ1) is 4.24. The van der Waals surface area contributed by atoms with Gasteiger partial charge >= 0.3 is 33.4 Å². The first-order valence-corrected chi connectivity index (χ1v) is 2.05. The van der Waals surface area contributed by atoms with Gasteiger partial charge in [-0.05, 0) is 0 Å². The third-order valence-corrected chi connectivity index (χ3v) is 0.775. The Kier molecular flexibility index (Phi) is 5.61. The maximum atomic E-state index is 8.09. The van der Waals surface area contributed by atoms with Gasteiger partial charge in [0.1, 0.15) is 0 Å². The van der Waals surface area contributed by atoms with Gasteiger partial charge in [-0.2, -0.15) is 0 Å². The molecule has 6 heteroatoms. The molecule has 0 spiro atoms. The monoisotopic (exact) mass is 320 g/mol. The predicted octanol–water partition coefficient (Wildman–Crippen LogP) is -0.694. The summed E-state index contributed by atoms with van der Waals surface area (Å²) in [6.07, 6.45) is -2.72. The summed E-state index contributed by atoms with van der Waals surface area (Å²) in [6.45, 7) is 0. The second-order valence-electron chi connectivity index (χ2n) is 1.38. The molecule has 0 aliphatic heterocycles. The minimum Gasteiger partial charge on any atom is -0.245 e. The molecule has 0 aliphatic carbocycles. The van der Waals surface area contributed by atoms with Gasteiger partial charge in [-0.15, -0.1) is 23.9 Å². The quantitative estimate of drug-likeness (QED) is 0.552. The van der Waals surface area contributed by atoms with Crippen molar-refractivity contribution in [3.63, 3.8) is 0 Å². The van der Waals surface area contributed by atoms with Crippen LogP contribution >= 0.6 is 0 Å². The van der Waals surface area contributed by atoms with Crippen molar-refractivity contribution < 1.29 is 0 Å². The molecule has 0 heterocycles. The minimum absolute atomic E-state index is 0. The van der Waals surface area contributed by atoms with E-state index in [0.717, 1.165) is 0 Å². The zero-order valence-electron chi connectivity index (χ0n) is 4.94. The molecule has 0 unspecified atom stereocenters. The van der Waals surface area contributed by atoms with E-state index >= 15 is 0 Å². The van der Waals surface area contributed by atoms with Crippen LogP contribution in [0.15, 0.2) is 0 Å². The van der Waals surface area contributed by atoms with Gasteiger partial charge in [-0.1, -0.05) is 0 Å². The van der Waals surface area contributed by atoms with Crippen molar-refractivity contribution in [3.8, 4) is 23.9 Å². The fourth-order valence-corrected chi connectivity index (χ4v) is 0.173. The Morgan fingerprint density at radius 3 is 0.900 bits per heavy atom. The average molecular weight is 319 g/mol. The SMILES string of the molecule is N#C[B-](C#N)(C#N)C#N.[Tl+]. The van der Waals surface area contributed by atoms with Crippen molar-refractivity contribution in [2.45, 2.75) is 0 Å². The molecule has 0 bridgehead atoms. The normalized spacial score (nSPS) is 6.80. The van der Waals surface area contributed by atoms with E-state index in [2.05, 4.69) is 0 Å². The molecule has 0 saturated heterocycles. The Labute approximate surface area is 78.3 Å². The van der Waals surface area contributed by atoms with Crippen molar-refractivity contribution in [2.75, 3.05) is 0 Å². The van der Waals surface area contributed by atoms with Crippen LogP contribution in [0.3, 0.4) is 0 Å². The van der Waals surface area contributed by atoms with Crippen LogP contribution in [-0.4, -0.2) is 33.4 Å². The number of nitriles is 4. The summed E-state index contributed by atoms with van der Waals surface area (Å²) in [5, 5.41) is 32.3. The van der Waals surface area contributed by atoms with Crippen molar-refractivity contribution in [1.29, 1.82) is 21.0 Å². The molecule has 0 radical (unpaired) electrons. The Bertz CT molecular complexity index is 210. The number of nitrogens with zero attached hydrogens (tertiary/aromatic N) is 4. The van der Waals surface area contributed by atoms with Crippen LogP contribution in [0.5, 0.6) is 0 Å². The summed E-state index contributed by atoms with van der Waals surface area (Å²) in [4.78, 5) is 0. The van der Waals surface area contributed by atoms with Gasteiger partial charge < -0.3 is 0 Å². The van der Waals surface area contributed by atoms with E-state index in [1.807, 2.05) is 0 Å². The zero-order valence-corrected chi connectivity index (χ0v) is 9.43. The van der Waals surface area contributed by atoms with Crippen molar-refractivity contribution in [2.24, 2.45) is 0 Å². The fraction of sp³-hybridized carbons (Fsp3) is 0. The van der Waals surface area contributed by atoms with E-state index in [0.29, 0.717) is 0 Å². The number of hydrogen-bond acceptors (Lipinski definition) is 4. The van der Waals surface area contributed by atoms with E-state index in [1.165, 1.54) is 23.9 Å².